The summed E-state index contributed by atoms with van der Waals surface area (Å²) < 4.78 is 0. The summed E-state index contributed by atoms with van der Waals surface area (Å²) in [6.07, 6.45) is 2.71. The van der Waals surface area contributed by atoms with Crippen LogP contribution in [0, 0.1) is 12.3 Å². The number of carbonyl (C=O) groups is 5. The SMILES string of the molecule is C/C(=C\C(=O)Nc1ccccc1C(=O)NCCCCCC(=O)NC(C(=O)N1C[C@H](O)CC1C(=O)NCc1ccc(-c2nc(C)cs2)cc1)C(C)(C)C)c1ccc2ccccc2c1. The van der Waals surface area contributed by atoms with Gasteiger partial charge in [0.05, 0.1) is 17.4 Å². The van der Waals surface area contributed by atoms with Crippen LogP contribution >= 0.6 is 11.3 Å². The molecule has 5 N–H and O–H groups in total. The van der Waals surface area contributed by atoms with E-state index in [1.807, 2.05) is 107 Å². The molecule has 1 aliphatic heterocycles. The number of fused-ring (bicyclic) bond motifs is 1. The van der Waals surface area contributed by atoms with Gasteiger partial charge in [0.2, 0.25) is 23.6 Å². The number of β-amino-alcohol motifs (C(OH)–C–C–N with tert-alkyl or cyclic N) is 1. The van der Waals surface area contributed by atoms with Crippen molar-refractivity contribution < 1.29 is 29.1 Å². The van der Waals surface area contributed by atoms with E-state index < -0.39 is 29.5 Å². The lowest BCUT2D eigenvalue weighted by Gasteiger charge is -2.35. The fourth-order valence-electron chi connectivity index (χ4n) is 7.47. The second kappa shape index (κ2) is 20.6. The van der Waals surface area contributed by atoms with Gasteiger partial charge in [-0.25, -0.2) is 4.98 Å². The van der Waals surface area contributed by atoms with Crippen molar-refractivity contribution in [2.24, 2.45) is 5.41 Å². The van der Waals surface area contributed by atoms with E-state index in [2.05, 4.69) is 26.3 Å². The zero-order valence-electron chi connectivity index (χ0n) is 36.0. The third-order valence-corrected chi connectivity index (χ3v) is 11.9. The fourth-order valence-corrected chi connectivity index (χ4v) is 8.27. The van der Waals surface area contributed by atoms with Crippen LogP contribution in [-0.4, -0.2) is 75.8 Å². The van der Waals surface area contributed by atoms with Gasteiger partial charge in [-0.15, -0.1) is 11.3 Å². The number of aliphatic hydroxyl groups excluding tert-OH is 1. The first-order chi connectivity index (χ1) is 29.7. The number of aryl methyl sites for hydroxylation is 1. The Morgan fingerprint density at radius 1 is 0.903 bits per heavy atom. The van der Waals surface area contributed by atoms with Crippen LogP contribution in [0.3, 0.4) is 0 Å². The van der Waals surface area contributed by atoms with Gasteiger partial charge in [-0.2, -0.15) is 0 Å². The fraction of sp³-hybridized carbons (Fsp3) is 0.347. The molecule has 0 radical (unpaired) electrons. The minimum absolute atomic E-state index is 0.00728. The molecule has 2 unspecified atom stereocenters. The normalized spacial score (nSPS) is 15.8. The molecule has 0 saturated carbocycles. The number of para-hydroxylation sites is 1. The molecule has 0 aliphatic carbocycles. The lowest BCUT2D eigenvalue weighted by atomic mass is 9.85. The number of hydrogen-bond acceptors (Lipinski definition) is 8. The van der Waals surface area contributed by atoms with E-state index in [-0.39, 0.29) is 49.6 Å². The topological polar surface area (TPSA) is 170 Å². The molecule has 324 valence electrons. The molecule has 12 nitrogen and oxygen atoms in total. The third kappa shape index (κ3) is 12.0. The van der Waals surface area contributed by atoms with Crippen LogP contribution in [0.15, 0.2) is 102 Å². The first-order valence-corrected chi connectivity index (χ1v) is 22.0. The van der Waals surface area contributed by atoms with Gasteiger partial charge in [0.15, 0.2) is 0 Å². The molecule has 4 aromatic carbocycles. The summed E-state index contributed by atoms with van der Waals surface area (Å²) in [4.78, 5) is 72.7. The van der Waals surface area contributed by atoms with Crippen LogP contribution in [-0.2, 0) is 25.7 Å². The predicted octanol–water partition coefficient (Wildman–Crippen LogP) is 7.41. The first kappa shape index (κ1) is 45.3. The van der Waals surface area contributed by atoms with Gasteiger partial charge >= 0.3 is 0 Å². The lowest BCUT2D eigenvalue weighted by Crippen LogP contribution is -2.57. The second-order valence-corrected chi connectivity index (χ2v) is 17.8. The van der Waals surface area contributed by atoms with Gasteiger partial charge in [-0.05, 0) is 77.8 Å². The summed E-state index contributed by atoms with van der Waals surface area (Å²) in [6.45, 7) is 9.99. The van der Waals surface area contributed by atoms with Gasteiger partial charge in [0.1, 0.15) is 17.1 Å². The molecule has 5 aromatic rings. The number of rotatable bonds is 16. The largest absolute Gasteiger partial charge is 0.391 e. The minimum atomic E-state index is -0.921. The Labute approximate surface area is 367 Å². The summed E-state index contributed by atoms with van der Waals surface area (Å²) in [5.74, 6) is -1.75. The summed E-state index contributed by atoms with van der Waals surface area (Å²) in [6, 6.07) is 26.9. The zero-order chi connectivity index (χ0) is 44.4. The standard InChI is InChI=1S/C49H56N6O6S/c1-31(36-23-22-34-13-8-9-14-37(34)26-36)25-43(58)53-40-16-11-10-15-39(40)45(59)50-24-12-6-7-17-42(57)54-44(49(3,4)5)48(61)55-29-38(56)27-41(55)46(60)51-28-33-18-20-35(21-19-33)47-52-32(2)30-62-47/h8-11,13-16,18-23,25-26,30,38,41,44,56H,6-7,12,17,24,27-29H2,1-5H3,(H,50,59)(H,51,60)(H,53,58)(H,54,57)/b31-25+/t38-,41?,44?/m1/s1. The van der Waals surface area contributed by atoms with Crippen molar-refractivity contribution in [1.29, 1.82) is 0 Å². The molecule has 1 aliphatic rings. The molecule has 1 saturated heterocycles. The smallest absolute Gasteiger partial charge is 0.253 e. The molecule has 1 fully saturated rings. The van der Waals surface area contributed by atoms with Crippen LogP contribution in [0.2, 0.25) is 0 Å². The van der Waals surface area contributed by atoms with Crippen LogP contribution in [0.5, 0.6) is 0 Å². The molecule has 6 rings (SSSR count). The van der Waals surface area contributed by atoms with Crippen LogP contribution in [0.4, 0.5) is 5.69 Å². The van der Waals surface area contributed by atoms with Crippen LogP contribution in [0.25, 0.3) is 26.9 Å². The number of anilines is 1. The molecule has 1 aromatic heterocycles. The molecule has 3 atom stereocenters. The summed E-state index contributed by atoms with van der Waals surface area (Å²) in [5, 5.41) is 27.3. The molecule has 5 amide bonds. The molecule has 62 heavy (non-hydrogen) atoms. The van der Waals surface area contributed by atoms with Crippen LogP contribution < -0.4 is 21.3 Å². The summed E-state index contributed by atoms with van der Waals surface area (Å²) >= 11 is 1.57. The maximum Gasteiger partial charge on any atom is 0.253 e. The van der Waals surface area contributed by atoms with E-state index in [1.165, 1.54) is 11.0 Å². The predicted molar refractivity (Wildman–Crippen MR) is 245 cm³/mol. The molecular formula is C49H56N6O6S. The van der Waals surface area contributed by atoms with Crippen molar-refractivity contribution in [2.75, 3.05) is 18.4 Å². The Morgan fingerprint density at radius 2 is 1.63 bits per heavy atom. The van der Waals surface area contributed by atoms with E-state index in [0.29, 0.717) is 37.1 Å². The quantitative estimate of drug-likeness (QED) is 0.0509. The number of amides is 5. The molecule has 13 heteroatoms. The van der Waals surface area contributed by atoms with E-state index in [1.54, 1.807) is 35.6 Å². The number of benzene rings is 4. The number of hydrogen-bond donors (Lipinski definition) is 5. The number of likely N-dealkylation sites (tertiary alicyclic amines) is 1. The molecule has 2 heterocycles. The maximum absolute atomic E-state index is 14.0. The van der Waals surface area contributed by atoms with E-state index in [0.717, 1.165) is 43.7 Å². The highest BCUT2D eigenvalue weighted by Crippen LogP contribution is 2.28. The van der Waals surface area contributed by atoms with Gasteiger partial charge in [0, 0.05) is 55.2 Å². The van der Waals surface area contributed by atoms with Crippen molar-refractivity contribution in [3.05, 3.63) is 125 Å². The van der Waals surface area contributed by atoms with E-state index in [9.17, 15) is 29.1 Å². The minimum Gasteiger partial charge on any atom is -0.391 e. The Bertz CT molecular complexity index is 2440. The lowest BCUT2D eigenvalue weighted by molar-refractivity contribution is -0.144. The number of thiazole rings is 1. The van der Waals surface area contributed by atoms with Crippen LogP contribution in [0.1, 0.15) is 87.0 Å². The Hall–Kier alpha value is -6.18. The second-order valence-electron chi connectivity index (χ2n) is 17.0. The molecular weight excluding hydrogens is 801 g/mol. The van der Waals surface area contributed by atoms with Crippen molar-refractivity contribution in [3.8, 4) is 10.6 Å². The number of nitrogens with one attached hydrogen (secondary N) is 4. The summed E-state index contributed by atoms with van der Waals surface area (Å²) in [5.41, 5.74) is 4.63. The number of aliphatic hydroxyl groups is 1. The van der Waals surface area contributed by atoms with Crippen molar-refractivity contribution in [3.63, 3.8) is 0 Å². The van der Waals surface area contributed by atoms with Crippen molar-refractivity contribution in [2.45, 2.75) is 91.5 Å². The zero-order valence-corrected chi connectivity index (χ0v) is 36.8. The number of allylic oxidation sites excluding steroid dienone is 1. The number of unbranched alkanes of at least 4 members (excludes halogenated alkanes) is 2. The van der Waals surface area contributed by atoms with E-state index in [4.69, 9.17) is 0 Å². The average molecular weight is 857 g/mol. The monoisotopic (exact) mass is 856 g/mol. The van der Waals surface area contributed by atoms with Gasteiger partial charge in [-0.3, -0.25) is 24.0 Å². The molecule has 0 spiro atoms. The number of carbonyl (C=O) groups excluding carboxylic acids is 5. The highest BCUT2D eigenvalue weighted by atomic mass is 32.1. The Kier molecular flexibility index (Phi) is 15.1. The number of aromatic nitrogens is 1. The van der Waals surface area contributed by atoms with Gasteiger partial charge in [0.25, 0.3) is 5.91 Å². The molecule has 0 bridgehead atoms. The van der Waals surface area contributed by atoms with Gasteiger partial charge < -0.3 is 31.3 Å². The van der Waals surface area contributed by atoms with Gasteiger partial charge in [-0.1, -0.05) is 100.0 Å². The maximum atomic E-state index is 14.0. The average Bonchev–Trinajstić information content (AvgIpc) is 3.87. The Balaban J connectivity index is 0.941. The third-order valence-electron chi connectivity index (χ3n) is 10.9. The highest BCUT2D eigenvalue weighted by molar-refractivity contribution is 7.13. The number of nitrogens with zero attached hydrogens (tertiary/aromatic N) is 2. The summed E-state index contributed by atoms with van der Waals surface area (Å²) in [7, 11) is 0. The van der Waals surface area contributed by atoms with E-state index >= 15 is 0 Å². The van der Waals surface area contributed by atoms with Crippen molar-refractivity contribution in [1.82, 2.24) is 25.8 Å². The first-order valence-electron chi connectivity index (χ1n) is 21.1. The Morgan fingerprint density at radius 3 is 2.35 bits per heavy atom. The van der Waals surface area contributed by atoms with Crippen molar-refractivity contribution >= 4 is 62.9 Å². The highest BCUT2D eigenvalue weighted by Gasteiger charge is 2.44.